The summed E-state index contributed by atoms with van der Waals surface area (Å²) in [5, 5.41) is 3.41. The monoisotopic (exact) mass is 387 g/mol. The van der Waals surface area contributed by atoms with Gasteiger partial charge in [0, 0.05) is 9.35 Å². The molecule has 1 aromatic carbocycles. The molecule has 2 aromatic rings. The van der Waals surface area contributed by atoms with Crippen LogP contribution in [0.5, 0.6) is 0 Å². The number of thiophene rings is 1. The summed E-state index contributed by atoms with van der Waals surface area (Å²) in [6, 6.07) is 8.85. The molecule has 1 aromatic heterocycles. The smallest absolute Gasteiger partial charge is 0.0731 e. The maximum absolute atomic E-state index is 3.60. The Morgan fingerprint density at radius 2 is 1.94 bits per heavy atom. The molecule has 0 aliphatic heterocycles. The summed E-state index contributed by atoms with van der Waals surface area (Å²) in [4.78, 5) is 1.34. The van der Waals surface area contributed by atoms with Crippen molar-refractivity contribution in [1.82, 2.24) is 5.32 Å². The van der Waals surface area contributed by atoms with Crippen LogP contribution < -0.4 is 5.32 Å². The molecule has 0 saturated carbocycles. The van der Waals surface area contributed by atoms with E-state index in [2.05, 4.69) is 75.3 Å². The molecule has 2 rings (SSSR count). The number of halogens is 2. The highest BCUT2D eigenvalue weighted by Crippen LogP contribution is 2.36. The molecule has 0 aliphatic carbocycles. The average Bonchev–Trinajstić information content (AvgIpc) is 2.66. The summed E-state index contributed by atoms with van der Waals surface area (Å²) in [5.74, 6) is 0. The SMILES string of the molecule is CNC(c1cc(C)c(Br)s1)c1cccc(Br)c1C. The van der Waals surface area contributed by atoms with Crippen molar-refractivity contribution in [2.75, 3.05) is 7.05 Å². The van der Waals surface area contributed by atoms with Crippen LogP contribution in [0, 0.1) is 13.8 Å². The lowest BCUT2D eigenvalue weighted by atomic mass is 10.00. The molecule has 4 heteroatoms. The van der Waals surface area contributed by atoms with E-state index < -0.39 is 0 Å². The Morgan fingerprint density at radius 1 is 1.22 bits per heavy atom. The third-order valence-corrected chi connectivity index (χ3v) is 6.13. The lowest BCUT2D eigenvalue weighted by molar-refractivity contribution is 0.698. The lowest BCUT2D eigenvalue weighted by Crippen LogP contribution is -2.17. The van der Waals surface area contributed by atoms with E-state index >= 15 is 0 Å². The highest BCUT2D eigenvalue weighted by molar-refractivity contribution is 9.11. The van der Waals surface area contributed by atoms with E-state index in [1.54, 1.807) is 11.3 Å². The fourth-order valence-electron chi connectivity index (χ4n) is 2.01. The molecule has 0 spiro atoms. The van der Waals surface area contributed by atoms with Gasteiger partial charge in [0.05, 0.1) is 9.83 Å². The summed E-state index contributed by atoms with van der Waals surface area (Å²) in [6.45, 7) is 4.28. The molecule has 1 atom stereocenters. The summed E-state index contributed by atoms with van der Waals surface area (Å²) >= 11 is 9.00. The minimum absolute atomic E-state index is 0.248. The fourth-order valence-corrected chi connectivity index (χ4v) is 4.10. The lowest BCUT2D eigenvalue weighted by Gasteiger charge is -2.18. The molecule has 1 unspecified atom stereocenters. The summed E-state index contributed by atoms with van der Waals surface area (Å²) in [7, 11) is 2.01. The van der Waals surface area contributed by atoms with Crippen molar-refractivity contribution < 1.29 is 0 Å². The second-order valence-corrected chi connectivity index (χ2v) is 7.54. The van der Waals surface area contributed by atoms with Crippen LogP contribution in [-0.4, -0.2) is 7.05 Å². The van der Waals surface area contributed by atoms with E-state index in [0.717, 1.165) is 4.47 Å². The van der Waals surface area contributed by atoms with E-state index in [0.29, 0.717) is 0 Å². The van der Waals surface area contributed by atoms with Crippen molar-refractivity contribution >= 4 is 43.2 Å². The summed E-state index contributed by atoms with van der Waals surface area (Å²) < 4.78 is 2.37. The normalized spacial score (nSPS) is 12.7. The molecule has 0 aliphatic rings. The van der Waals surface area contributed by atoms with Crippen molar-refractivity contribution in [1.29, 1.82) is 0 Å². The molecule has 96 valence electrons. The zero-order valence-electron chi connectivity index (χ0n) is 10.6. The number of benzene rings is 1. The van der Waals surface area contributed by atoms with Gasteiger partial charge in [0.15, 0.2) is 0 Å². The minimum atomic E-state index is 0.248. The molecule has 0 bridgehead atoms. The van der Waals surface area contributed by atoms with E-state index in [1.165, 1.54) is 25.4 Å². The number of aryl methyl sites for hydroxylation is 1. The Kier molecular flexibility index (Phi) is 4.64. The molecule has 0 saturated heterocycles. The third-order valence-electron chi connectivity index (χ3n) is 3.07. The molecule has 1 nitrogen and oxygen atoms in total. The minimum Gasteiger partial charge on any atom is -0.309 e. The van der Waals surface area contributed by atoms with Gasteiger partial charge in [-0.25, -0.2) is 0 Å². The van der Waals surface area contributed by atoms with E-state index in [-0.39, 0.29) is 6.04 Å². The highest BCUT2D eigenvalue weighted by Gasteiger charge is 2.18. The average molecular weight is 389 g/mol. The summed E-state index contributed by atoms with van der Waals surface area (Å²) in [6.07, 6.45) is 0. The first kappa shape index (κ1) is 14.3. The Bertz CT molecular complexity index is 543. The second-order valence-electron chi connectivity index (χ2n) is 4.28. The molecular weight excluding hydrogens is 374 g/mol. The molecule has 1 heterocycles. The highest BCUT2D eigenvalue weighted by atomic mass is 79.9. The van der Waals surface area contributed by atoms with Crippen LogP contribution in [0.15, 0.2) is 32.5 Å². The van der Waals surface area contributed by atoms with Gasteiger partial charge in [-0.15, -0.1) is 11.3 Å². The van der Waals surface area contributed by atoms with E-state index in [1.807, 2.05) is 7.05 Å². The molecule has 0 radical (unpaired) electrons. The summed E-state index contributed by atoms with van der Waals surface area (Å²) in [5.41, 5.74) is 3.91. The van der Waals surface area contributed by atoms with Crippen LogP contribution in [0.3, 0.4) is 0 Å². The van der Waals surface area contributed by atoms with Crippen molar-refractivity contribution in [2.24, 2.45) is 0 Å². The van der Waals surface area contributed by atoms with Gasteiger partial charge in [-0.1, -0.05) is 28.1 Å². The van der Waals surface area contributed by atoms with Gasteiger partial charge in [0.2, 0.25) is 0 Å². The Balaban J connectivity index is 2.48. The Hall–Kier alpha value is -0.160. The fraction of sp³-hybridized carbons (Fsp3) is 0.286. The standard InChI is InChI=1S/C14H15Br2NS/c1-8-7-12(18-14(8)16)13(17-3)10-5-4-6-11(15)9(10)2/h4-7,13,17H,1-3H3. The second kappa shape index (κ2) is 5.87. The van der Waals surface area contributed by atoms with Gasteiger partial charge in [0.25, 0.3) is 0 Å². The molecule has 0 fully saturated rings. The molecule has 18 heavy (non-hydrogen) atoms. The van der Waals surface area contributed by atoms with Gasteiger partial charge in [0.1, 0.15) is 0 Å². The van der Waals surface area contributed by atoms with Crippen molar-refractivity contribution in [3.05, 3.63) is 54.1 Å². The van der Waals surface area contributed by atoms with Gasteiger partial charge in [-0.3, -0.25) is 0 Å². The maximum atomic E-state index is 3.60. The predicted molar refractivity (Wildman–Crippen MR) is 86.5 cm³/mol. The quantitative estimate of drug-likeness (QED) is 0.761. The number of rotatable bonds is 3. The van der Waals surface area contributed by atoms with Gasteiger partial charge < -0.3 is 5.32 Å². The Morgan fingerprint density at radius 3 is 2.50 bits per heavy atom. The predicted octanol–water partition coefficient (Wildman–Crippen LogP) is 5.20. The third kappa shape index (κ3) is 2.72. The van der Waals surface area contributed by atoms with Crippen LogP contribution in [0.2, 0.25) is 0 Å². The zero-order chi connectivity index (χ0) is 13.3. The van der Waals surface area contributed by atoms with E-state index in [9.17, 15) is 0 Å². The zero-order valence-corrected chi connectivity index (χ0v) is 14.5. The largest absolute Gasteiger partial charge is 0.309 e. The van der Waals surface area contributed by atoms with Crippen LogP contribution in [0.1, 0.15) is 27.6 Å². The first-order chi connectivity index (χ1) is 8.54. The number of nitrogens with one attached hydrogen (secondary N) is 1. The molecule has 1 N–H and O–H groups in total. The van der Waals surface area contributed by atoms with Gasteiger partial charge in [-0.05, 0) is 65.6 Å². The van der Waals surface area contributed by atoms with Crippen molar-refractivity contribution in [2.45, 2.75) is 19.9 Å². The van der Waals surface area contributed by atoms with Crippen LogP contribution in [0.4, 0.5) is 0 Å². The molecular formula is C14H15Br2NS. The van der Waals surface area contributed by atoms with E-state index in [4.69, 9.17) is 0 Å². The van der Waals surface area contributed by atoms with Gasteiger partial charge in [-0.2, -0.15) is 0 Å². The Labute approximate surface area is 129 Å². The first-order valence-corrected chi connectivity index (χ1v) is 8.13. The van der Waals surface area contributed by atoms with Crippen molar-refractivity contribution in [3.63, 3.8) is 0 Å². The van der Waals surface area contributed by atoms with Crippen LogP contribution in [0.25, 0.3) is 0 Å². The maximum Gasteiger partial charge on any atom is 0.0731 e. The van der Waals surface area contributed by atoms with Crippen molar-refractivity contribution in [3.8, 4) is 0 Å². The number of hydrogen-bond donors (Lipinski definition) is 1. The first-order valence-electron chi connectivity index (χ1n) is 5.72. The van der Waals surface area contributed by atoms with Crippen LogP contribution in [-0.2, 0) is 0 Å². The topological polar surface area (TPSA) is 12.0 Å². The number of hydrogen-bond acceptors (Lipinski definition) is 2. The van der Waals surface area contributed by atoms with Crippen LogP contribution >= 0.6 is 43.2 Å². The van der Waals surface area contributed by atoms with Gasteiger partial charge >= 0.3 is 0 Å². The molecule has 0 amide bonds.